The molecular weight excluding hydrogens is 242 g/mol. The van der Waals surface area contributed by atoms with Crippen LogP contribution in [-0.2, 0) is 0 Å². The number of nitrogens with one attached hydrogen (secondary N) is 1. The molecule has 3 N–H and O–H groups in total. The highest BCUT2D eigenvalue weighted by atomic mass is 16.5. The minimum atomic E-state index is 0.351. The Morgan fingerprint density at radius 3 is 2.42 bits per heavy atom. The summed E-state index contributed by atoms with van der Waals surface area (Å²) in [6, 6.07) is 1.03. The summed E-state index contributed by atoms with van der Waals surface area (Å²) in [6.07, 6.45) is 1.43. The Morgan fingerprint density at radius 2 is 1.89 bits per heavy atom. The van der Waals surface area contributed by atoms with Crippen LogP contribution in [0.2, 0.25) is 0 Å². The number of anilines is 2. The van der Waals surface area contributed by atoms with Crippen LogP contribution in [0.4, 0.5) is 11.6 Å². The summed E-state index contributed by atoms with van der Waals surface area (Å²) in [5, 5.41) is 3.25. The molecule has 0 atom stereocenters. The van der Waals surface area contributed by atoms with E-state index in [1.807, 2.05) is 0 Å². The number of nitrogen functional groups attached to an aromatic ring is 1. The molecule has 6 nitrogen and oxygen atoms in total. The fraction of sp³-hybridized carbons (Fsp3) is 0.692. The van der Waals surface area contributed by atoms with Crippen LogP contribution in [0.15, 0.2) is 6.33 Å². The van der Waals surface area contributed by atoms with Crippen LogP contribution in [0.25, 0.3) is 0 Å². The zero-order valence-electron chi connectivity index (χ0n) is 12.5. The summed E-state index contributed by atoms with van der Waals surface area (Å²) in [6.45, 7) is 10.5. The molecule has 0 saturated heterocycles. The van der Waals surface area contributed by atoms with Gasteiger partial charge in [-0.25, -0.2) is 9.97 Å². The Labute approximate surface area is 115 Å². The Hall–Kier alpha value is -1.56. The molecule has 0 amide bonds. The topological polar surface area (TPSA) is 76.3 Å². The molecule has 1 rings (SSSR count). The van der Waals surface area contributed by atoms with Crippen molar-refractivity contribution in [2.75, 3.05) is 31.2 Å². The number of hydrogen-bond acceptors (Lipinski definition) is 6. The van der Waals surface area contributed by atoms with Crippen molar-refractivity contribution >= 4 is 11.6 Å². The van der Waals surface area contributed by atoms with Crippen molar-refractivity contribution < 1.29 is 4.74 Å². The fourth-order valence-electron chi connectivity index (χ4n) is 2.13. The van der Waals surface area contributed by atoms with Crippen LogP contribution in [0.1, 0.15) is 27.7 Å². The molecule has 0 spiro atoms. The Kier molecular flexibility index (Phi) is 5.82. The van der Waals surface area contributed by atoms with Gasteiger partial charge in [-0.05, 0) is 27.7 Å². The summed E-state index contributed by atoms with van der Waals surface area (Å²) in [5.41, 5.74) is 5.73. The average Bonchev–Trinajstić information content (AvgIpc) is 2.33. The van der Waals surface area contributed by atoms with Gasteiger partial charge in [0.15, 0.2) is 11.6 Å². The van der Waals surface area contributed by atoms with Crippen LogP contribution >= 0.6 is 0 Å². The lowest BCUT2D eigenvalue weighted by molar-refractivity contribution is 0.182. The number of nitrogens with zero attached hydrogens (tertiary/aromatic N) is 3. The predicted octanol–water partition coefficient (Wildman–Crippen LogP) is 1.60. The van der Waals surface area contributed by atoms with E-state index in [4.69, 9.17) is 10.5 Å². The molecule has 6 heteroatoms. The van der Waals surface area contributed by atoms with Gasteiger partial charge in [0.2, 0.25) is 5.75 Å². The molecule has 19 heavy (non-hydrogen) atoms. The van der Waals surface area contributed by atoms with Gasteiger partial charge in [-0.15, -0.1) is 0 Å². The number of rotatable bonds is 7. The largest absolute Gasteiger partial charge is 0.490 e. The normalized spacial score (nSPS) is 11.4. The van der Waals surface area contributed by atoms with E-state index in [1.54, 1.807) is 7.11 Å². The first-order valence-corrected chi connectivity index (χ1v) is 6.61. The van der Waals surface area contributed by atoms with Gasteiger partial charge in [0.25, 0.3) is 0 Å². The lowest BCUT2D eigenvalue weighted by atomic mass is 10.2. The maximum atomic E-state index is 5.73. The number of ether oxygens (including phenoxy) is 1. The smallest absolute Gasteiger partial charge is 0.203 e. The van der Waals surface area contributed by atoms with E-state index >= 15 is 0 Å². The standard InChI is InChI=1S/C13H25N5O/c1-9(2)18(10(3)4)7-6-15-13-11(19-5)12(14)16-8-17-13/h8-10H,6-7H2,1-5H3,(H3,14,15,16,17). The Balaban J connectivity index is 2.60. The van der Waals surface area contributed by atoms with Crippen molar-refractivity contribution in [2.45, 2.75) is 39.8 Å². The van der Waals surface area contributed by atoms with E-state index < -0.39 is 0 Å². The molecule has 0 saturated carbocycles. The maximum Gasteiger partial charge on any atom is 0.203 e. The summed E-state index contributed by atoms with van der Waals surface area (Å²) < 4.78 is 5.20. The van der Waals surface area contributed by atoms with Crippen LogP contribution in [0.5, 0.6) is 5.75 Å². The molecule has 1 heterocycles. The molecule has 0 unspecified atom stereocenters. The molecule has 0 bridgehead atoms. The molecular formula is C13H25N5O. The number of methoxy groups -OCH3 is 1. The van der Waals surface area contributed by atoms with E-state index in [9.17, 15) is 0 Å². The second-order valence-corrected chi connectivity index (χ2v) is 4.99. The second-order valence-electron chi connectivity index (χ2n) is 4.99. The van der Waals surface area contributed by atoms with Crippen molar-refractivity contribution in [3.05, 3.63) is 6.33 Å². The molecule has 1 aromatic rings. The summed E-state index contributed by atoms with van der Waals surface area (Å²) in [7, 11) is 1.56. The van der Waals surface area contributed by atoms with Crippen molar-refractivity contribution in [1.82, 2.24) is 14.9 Å². The van der Waals surface area contributed by atoms with Crippen LogP contribution < -0.4 is 15.8 Å². The number of hydrogen-bond donors (Lipinski definition) is 2. The first-order valence-electron chi connectivity index (χ1n) is 6.61. The van der Waals surface area contributed by atoms with Crippen molar-refractivity contribution in [3.8, 4) is 5.75 Å². The third kappa shape index (κ3) is 4.24. The average molecular weight is 267 g/mol. The molecule has 0 aromatic carbocycles. The number of aromatic nitrogens is 2. The van der Waals surface area contributed by atoms with E-state index in [2.05, 4.69) is 47.9 Å². The molecule has 108 valence electrons. The zero-order chi connectivity index (χ0) is 14.4. The van der Waals surface area contributed by atoms with Crippen molar-refractivity contribution in [2.24, 2.45) is 0 Å². The SMILES string of the molecule is COc1c(N)ncnc1NCCN(C(C)C)C(C)C. The first kappa shape index (κ1) is 15.5. The van der Waals surface area contributed by atoms with Gasteiger partial charge in [0, 0.05) is 25.2 Å². The minimum absolute atomic E-state index is 0.351. The van der Waals surface area contributed by atoms with Gasteiger partial charge in [-0.1, -0.05) is 0 Å². The van der Waals surface area contributed by atoms with E-state index in [1.165, 1.54) is 6.33 Å². The van der Waals surface area contributed by atoms with Crippen LogP contribution in [-0.4, -0.2) is 47.2 Å². The quantitative estimate of drug-likeness (QED) is 0.781. The lowest BCUT2D eigenvalue weighted by Gasteiger charge is -2.30. The van der Waals surface area contributed by atoms with E-state index in [0.717, 1.165) is 13.1 Å². The Bertz CT molecular complexity index is 387. The fourth-order valence-corrected chi connectivity index (χ4v) is 2.13. The highest BCUT2D eigenvalue weighted by molar-refractivity contribution is 5.61. The molecule has 0 aliphatic rings. The highest BCUT2D eigenvalue weighted by Gasteiger charge is 2.14. The zero-order valence-corrected chi connectivity index (χ0v) is 12.5. The third-order valence-corrected chi connectivity index (χ3v) is 3.02. The third-order valence-electron chi connectivity index (χ3n) is 3.02. The number of nitrogens with two attached hydrogens (primary N) is 1. The minimum Gasteiger partial charge on any atom is -0.490 e. The molecule has 0 fully saturated rings. The monoisotopic (exact) mass is 267 g/mol. The van der Waals surface area contributed by atoms with Crippen molar-refractivity contribution in [3.63, 3.8) is 0 Å². The van der Waals surface area contributed by atoms with Gasteiger partial charge in [0.1, 0.15) is 6.33 Å². The van der Waals surface area contributed by atoms with Gasteiger partial charge in [-0.3, -0.25) is 4.90 Å². The van der Waals surface area contributed by atoms with E-state index in [-0.39, 0.29) is 0 Å². The van der Waals surface area contributed by atoms with Gasteiger partial charge in [0.05, 0.1) is 7.11 Å². The molecule has 0 aliphatic heterocycles. The molecule has 0 radical (unpaired) electrons. The van der Waals surface area contributed by atoms with Crippen molar-refractivity contribution in [1.29, 1.82) is 0 Å². The summed E-state index contributed by atoms with van der Waals surface area (Å²) >= 11 is 0. The summed E-state index contributed by atoms with van der Waals surface area (Å²) in [5.74, 6) is 1.50. The first-order chi connectivity index (χ1) is 8.97. The van der Waals surface area contributed by atoms with Crippen LogP contribution in [0, 0.1) is 0 Å². The van der Waals surface area contributed by atoms with E-state index in [0.29, 0.717) is 29.5 Å². The molecule has 0 aliphatic carbocycles. The predicted molar refractivity (Wildman–Crippen MR) is 78.5 cm³/mol. The highest BCUT2D eigenvalue weighted by Crippen LogP contribution is 2.25. The maximum absolute atomic E-state index is 5.73. The van der Waals surface area contributed by atoms with Gasteiger partial charge in [-0.2, -0.15) is 0 Å². The summed E-state index contributed by atoms with van der Waals surface area (Å²) in [4.78, 5) is 10.5. The van der Waals surface area contributed by atoms with Crippen LogP contribution in [0.3, 0.4) is 0 Å². The van der Waals surface area contributed by atoms with Gasteiger partial charge < -0.3 is 15.8 Å². The molecule has 1 aromatic heterocycles. The lowest BCUT2D eigenvalue weighted by Crippen LogP contribution is -2.40. The van der Waals surface area contributed by atoms with Gasteiger partial charge >= 0.3 is 0 Å². The Morgan fingerprint density at radius 1 is 1.26 bits per heavy atom. The second kappa shape index (κ2) is 7.13.